The normalized spacial score (nSPS) is 23.1. The summed E-state index contributed by atoms with van der Waals surface area (Å²) < 4.78 is 1.70. The molecule has 5 heteroatoms. The van der Waals surface area contributed by atoms with Crippen molar-refractivity contribution in [2.24, 2.45) is 7.05 Å². The highest BCUT2D eigenvalue weighted by Crippen LogP contribution is 2.12. The topological polar surface area (TPSA) is 63.1 Å². The molecule has 5 nitrogen and oxygen atoms in total. The first-order valence-electron chi connectivity index (χ1n) is 6.70. The van der Waals surface area contributed by atoms with Gasteiger partial charge in [0.25, 0.3) is 5.91 Å². The number of nitrogens with one attached hydrogen (secondary N) is 2. The van der Waals surface area contributed by atoms with Crippen molar-refractivity contribution in [3.05, 3.63) is 23.5 Å². The minimum absolute atomic E-state index is 0.0256. The molecule has 1 saturated heterocycles. The molecule has 2 N–H and O–H groups in total. The summed E-state index contributed by atoms with van der Waals surface area (Å²) in [5.74, 6) is -0.141. The van der Waals surface area contributed by atoms with E-state index in [0.717, 1.165) is 19.4 Å². The van der Waals surface area contributed by atoms with Gasteiger partial charge in [-0.05, 0) is 39.3 Å². The van der Waals surface area contributed by atoms with E-state index in [2.05, 4.69) is 17.6 Å². The molecule has 19 heavy (non-hydrogen) atoms. The maximum Gasteiger partial charge on any atom is 0.268 e. The molecule has 1 aliphatic heterocycles. The van der Waals surface area contributed by atoms with E-state index >= 15 is 0 Å². The van der Waals surface area contributed by atoms with Crippen LogP contribution in [-0.2, 0) is 7.05 Å². The van der Waals surface area contributed by atoms with Gasteiger partial charge in [-0.1, -0.05) is 0 Å². The highest BCUT2D eigenvalue weighted by molar-refractivity contribution is 5.99. The second kappa shape index (κ2) is 5.57. The molecule has 0 bridgehead atoms. The molecule has 1 amide bonds. The van der Waals surface area contributed by atoms with E-state index in [1.807, 2.05) is 0 Å². The van der Waals surface area contributed by atoms with E-state index in [-0.39, 0.29) is 23.8 Å². The molecule has 2 rings (SSSR count). The van der Waals surface area contributed by atoms with Gasteiger partial charge in [-0.3, -0.25) is 9.59 Å². The Hall–Kier alpha value is -1.62. The summed E-state index contributed by atoms with van der Waals surface area (Å²) in [5.41, 5.74) is 1.10. The number of aromatic nitrogens is 1. The molecule has 1 aromatic heterocycles. The van der Waals surface area contributed by atoms with Gasteiger partial charge in [0.1, 0.15) is 5.69 Å². The van der Waals surface area contributed by atoms with E-state index < -0.39 is 0 Å². The van der Waals surface area contributed by atoms with Crippen molar-refractivity contribution in [2.45, 2.75) is 38.8 Å². The van der Waals surface area contributed by atoms with E-state index in [1.165, 1.54) is 6.92 Å². The monoisotopic (exact) mass is 263 g/mol. The first-order valence-corrected chi connectivity index (χ1v) is 6.70. The standard InChI is InChI=1S/C14H21N3O2/c1-9-12(5-4-6-15-9)16-14(19)13-7-11(10(2)18)8-17(13)3/h7-9,12,15H,4-6H2,1-3H3,(H,16,19). The van der Waals surface area contributed by atoms with Gasteiger partial charge in [0.15, 0.2) is 5.78 Å². The van der Waals surface area contributed by atoms with Gasteiger partial charge in [0.2, 0.25) is 0 Å². The Morgan fingerprint density at radius 2 is 2.21 bits per heavy atom. The van der Waals surface area contributed by atoms with Gasteiger partial charge < -0.3 is 15.2 Å². The molecule has 2 unspecified atom stereocenters. The van der Waals surface area contributed by atoms with Crippen LogP contribution in [0, 0.1) is 0 Å². The predicted octanol–water partition coefficient (Wildman–Crippen LogP) is 1.10. The average Bonchev–Trinajstić information content (AvgIpc) is 2.74. The van der Waals surface area contributed by atoms with Gasteiger partial charge in [0, 0.05) is 30.9 Å². The maximum atomic E-state index is 12.2. The Bertz CT molecular complexity index is 493. The van der Waals surface area contributed by atoms with Crippen LogP contribution in [0.2, 0.25) is 0 Å². The molecule has 1 aliphatic rings. The van der Waals surface area contributed by atoms with Crippen LogP contribution in [0.3, 0.4) is 0 Å². The number of amides is 1. The summed E-state index contributed by atoms with van der Waals surface area (Å²) in [6.07, 6.45) is 3.75. The number of ketones is 1. The predicted molar refractivity (Wildman–Crippen MR) is 73.4 cm³/mol. The third kappa shape index (κ3) is 3.04. The Labute approximate surface area is 113 Å². The molecule has 0 aromatic carbocycles. The van der Waals surface area contributed by atoms with Crippen LogP contribution in [0.25, 0.3) is 0 Å². The molecule has 2 heterocycles. The number of carbonyl (C=O) groups excluding carboxylic acids is 2. The molecule has 0 saturated carbocycles. The zero-order chi connectivity index (χ0) is 14.0. The van der Waals surface area contributed by atoms with Crippen LogP contribution < -0.4 is 10.6 Å². The Morgan fingerprint density at radius 1 is 1.47 bits per heavy atom. The zero-order valence-electron chi connectivity index (χ0n) is 11.7. The van der Waals surface area contributed by atoms with Crippen molar-refractivity contribution in [3.8, 4) is 0 Å². The van der Waals surface area contributed by atoms with Crippen molar-refractivity contribution in [2.75, 3.05) is 6.54 Å². The summed E-state index contributed by atoms with van der Waals surface area (Å²) in [6.45, 7) is 4.59. The third-order valence-corrected chi connectivity index (χ3v) is 3.72. The lowest BCUT2D eigenvalue weighted by molar-refractivity contribution is 0.0911. The summed E-state index contributed by atoms with van der Waals surface area (Å²) in [4.78, 5) is 23.6. The quantitative estimate of drug-likeness (QED) is 0.803. The van der Waals surface area contributed by atoms with E-state index in [1.54, 1.807) is 23.9 Å². The van der Waals surface area contributed by atoms with Crippen molar-refractivity contribution >= 4 is 11.7 Å². The van der Waals surface area contributed by atoms with Gasteiger partial charge in [-0.15, -0.1) is 0 Å². The van der Waals surface area contributed by atoms with Crippen LogP contribution in [-0.4, -0.2) is 34.9 Å². The Balaban J connectivity index is 2.09. The second-order valence-electron chi connectivity index (χ2n) is 5.25. The summed E-state index contributed by atoms with van der Waals surface area (Å²) >= 11 is 0. The van der Waals surface area contributed by atoms with Crippen molar-refractivity contribution in [1.29, 1.82) is 0 Å². The molecule has 1 aromatic rings. The third-order valence-electron chi connectivity index (χ3n) is 3.72. The molecule has 0 aliphatic carbocycles. The molecule has 0 spiro atoms. The molecule has 104 valence electrons. The van der Waals surface area contributed by atoms with Gasteiger partial charge in [-0.2, -0.15) is 0 Å². The minimum Gasteiger partial charge on any atom is -0.346 e. The largest absolute Gasteiger partial charge is 0.346 e. The fourth-order valence-electron chi connectivity index (χ4n) is 2.47. The summed E-state index contributed by atoms with van der Waals surface area (Å²) in [6, 6.07) is 2.08. The molecule has 1 fully saturated rings. The minimum atomic E-state index is -0.115. The number of aryl methyl sites for hydroxylation is 1. The van der Waals surface area contributed by atoms with E-state index in [0.29, 0.717) is 11.3 Å². The summed E-state index contributed by atoms with van der Waals surface area (Å²) in [5, 5.41) is 6.40. The van der Waals surface area contributed by atoms with Gasteiger partial charge in [-0.25, -0.2) is 0 Å². The second-order valence-corrected chi connectivity index (χ2v) is 5.25. The number of nitrogens with zero attached hydrogens (tertiary/aromatic N) is 1. The number of hydrogen-bond acceptors (Lipinski definition) is 3. The molecular weight excluding hydrogens is 242 g/mol. The fourth-order valence-corrected chi connectivity index (χ4v) is 2.47. The van der Waals surface area contributed by atoms with Crippen molar-refractivity contribution in [1.82, 2.24) is 15.2 Å². The number of Topliss-reactive ketones (excluding diaryl/α,β-unsaturated/α-hetero) is 1. The zero-order valence-corrected chi connectivity index (χ0v) is 11.7. The summed E-state index contributed by atoms with van der Waals surface area (Å²) in [7, 11) is 1.78. The highest BCUT2D eigenvalue weighted by Gasteiger charge is 2.24. The van der Waals surface area contributed by atoms with Crippen LogP contribution in [0.1, 0.15) is 47.5 Å². The highest BCUT2D eigenvalue weighted by atomic mass is 16.2. The lowest BCUT2D eigenvalue weighted by Crippen LogP contribution is -2.52. The van der Waals surface area contributed by atoms with E-state index in [9.17, 15) is 9.59 Å². The molecule has 2 atom stereocenters. The van der Waals surface area contributed by atoms with Gasteiger partial charge >= 0.3 is 0 Å². The lowest BCUT2D eigenvalue weighted by atomic mass is 10.00. The average molecular weight is 263 g/mol. The Kier molecular flexibility index (Phi) is 4.04. The fraction of sp³-hybridized carbons (Fsp3) is 0.571. The first kappa shape index (κ1) is 13.8. The lowest BCUT2D eigenvalue weighted by Gasteiger charge is -2.30. The van der Waals surface area contributed by atoms with Crippen LogP contribution >= 0.6 is 0 Å². The number of rotatable bonds is 3. The maximum absolute atomic E-state index is 12.2. The number of piperidine rings is 1. The van der Waals surface area contributed by atoms with Crippen molar-refractivity contribution in [3.63, 3.8) is 0 Å². The van der Waals surface area contributed by atoms with Crippen molar-refractivity contribution < 1.29 is 9.59 Å². The number of hydrogen-bond donors (Lipinski definition) is 2. The van der Waals surface area contributed by atoms with Crippen LogP contribution in [0.5, 0.6) is 0 Å². The SMILES string of the molecule is CC(=O)c1cc(C(=O)NC2CCCNC2C)n(C)c1. The molecular formula is C14H21N3O2. The van der Waals surface area contributed by atoms with E-state index in [4.69, 9.17) is 0 Å². The smallest absolute Gasteiger partial charge is 0.268 e. The Morgan fingerprint density at radius 3 is 2.79 bits per heavy atom. The van der Waals surface area contributed by atoms with Crippen LogP contribution in [0.4, 0.5) is 0 Å². The van der Waals surface area contributed by atoms with Gasteiger partial charge in [0.05, 0.1) is 0 Å². The number of carbonyl (C=O) groups is 2. The van der Waals surface area contributed by atoms with Crippen LogP contribution in [0.15, 0.2) is 12.3 Å². The first-order chi connectivity index (χ1) is 8.99. The molecule has 0 radical (unpaired) electrons.